The Balaban J connectivity index is 4.86. The van der Waals surface area contributed by atoms with Gasteiger partial charge >= 0.3 is 0 Å². The summed E-state index contributed by atoms with van der Waals surface area (Å²) in [5.74, 6) is 5.96. The normalized spacial score (nSPS) is 13.0. The largest absolute Gasteiger partial charge is 0.416 e. The maximum absolute atomic E-state index is 7.67. The molecule has 0 aliphatic rings. The van der Waals surface area contributed by atoms with Gasteiger partial charge in [0.05, 0.1) is 5.71 Å². The lowest BCUT2D eigenvalue weighted by atomic mass is 10.1. The second-order valence-corrected chi connectivity index (χ2v) is 2.67. The molecule has 0 unspecified atom stereocenters. The minimum Gasteiger partial charge on any atom is -0.416 e. The molecule has 0 rings (SSSR count). The highest BCUT2D eigenvalue weighted by atomic mass is 16.6. The Morgan fingerprint density at radius 1 is 1.57 bits per heavy atom. The quantitative estimate of drug-likeness (QED) is 0.348. The lowest BCUT2D eigenvalue weighted by Crippen LogP contribution is -2.10. The number of rotatable bonds is 5. The van der Waals surface area contributed by atoms with Crippen LogP contribution in [0.15, 0.2) is 28.2 Å². The van der Waals surface area contributed by atoms with E-state index in [-0.39, 0.29) is 5.71 Å². The van der Waals surface area contributed by atoms with Crippen LogP contribution in [0.2, 0.25) is 0 Å². The number of allylic oxidation sites excluding steroid dienone is 3. The van der Waals surface area contributed by atoms with E-state index >= 15 is 0 Å². The molecular formula is C9H16N4O. The average Bonchev–Trinajstić information content (AvgIpc) is 2.19. The summed E-state index contributed by atoms with van der Waals surface area (Å²) in [5, 5.41) is 10.5. The standard InChI is InChI=1S/C9H16N4O/c1-6(14-11)5-8(10)7(2)9(12-3)13-4/h5,10,13H,3,11H2,1-2,4H3/b6-5+,9-7+,10-8?. The van der Waals surface area contributed by atoms with Gasteiger partial charge in [0, 0.05) is 18.7 Å². The number of hydrogen-bond acceptors (Lipinski definition) is 5. The molecule has 0 spiro atoms. The fourth-order valence-corrected chi connectivity index (χ4v) is 0.858. The van der Waals surface area contributed by atoms with Crippen LogP contribution in [0.25, 0.3) is 0 Å². The van der Waals surface area contributed by atoms with Crippen molar-refractivity contribution in [2.45, 2.75) is 13.8 Å². The molecule has 0 fully saturated rings. The first-order valence-electron chi connectivity index (χ1n) is 4.06. The molecule has 78 valence electrons. The van der Waals surface area contributed by atoms with Gasteiger partial charge in [0.1, 0.15) is 11.6 Å². The number of nitrogens with one attached hydrogen (secondary N) is 2. The van der Waals surface area contributed by atoms with Crippen molar-refractivity contribution in [2.24, 2.45) is 10.9 Å². The van der Waals surface area contributed by atoms with Gasteiger partial charge in [0.2, 0.25) is 0 Å². The van der Waals surface area contributed by atoms with E-state index in [9.17, 15) is 0 Å². The minimum atomic E-state index is 0.282. The van der Waals surface area contributed by atoms with Gasteiger partial charge in [-0.3, -0.25) is 0 Å². The molecule has 0 aromatic carbocycles. The third-order valence-corrected chi connectivity index (χ3v) is 1.69. The summed E-state index contributed by atoms with van der Waals surface area (Å²) in [5.41, 5.74) is 0.962. The molecule has 0 amide bonds. The zero-order chi connectivity index (χ0) is 11.1. The third kappa shape index (κ3) is 3.40. The number of aliphatic imine (C=N–C) groups is 1. The maximum atomic E-state index is 7.67. The number of nitrogens with zero attached hydrogens (tertiary/aromatic N) is 1. The summed E-state index contributed by atoms with van der Waals surface area (Å²) in [4.78, 5) is 8.19. The van der Waals surface area contributed by atoms with Crippen LogP contribution in [0, 0.1) is 5.41 Å². The van der Waals surface area contributed by atoms with E-state index in [1.54, 1.807) is 20.9 Å². The van der Waals surface area contributed by atoms with Crippen molar-refractivity contribution >= 4 is 12.4 Å². The summed E-state index contributed by atoms with van der Waals surface area (Å²) in [6, 6.07) is 0. The summed E-state index contributed by atoms with van der Waals surface area (Å²) in [7, 11) is 1.72. The van der Waals surface area contributed by atoms with Crippen LogP contribution >= 0.6 is 0 Å². The van der Waals surface area contributed by atoms with Gasteiger partial charge in [0.15, 0.2) is 0 Å². The Morgan fingerprint density at radius 3 is 2.50 bits per heavy atom. The summed E-state index contributed by atoms with van der Waals surface area (Å²) >= 11 is 0. The zero-order valence-corrected chi connectivity index (χ0v) is 8.72. The second kappa shape index (κ2) is 5.93. The first-order chi connectivity index (χ1) is 6.56. The SMILES string of the molecule is C=N/C(NC)=C(/C)C(=N)/C=C(\C)ON. The van der Waals surface area contributed by atoms with Gasteiger partial charge in [-0.05, 0) is 20.6 Å². The van der Waals surface area contributed by atoms with Crippen LogP contribution in [0.4, 0.5) is 0 Å². The van der Waals surface area contributed by atoms with Crippen LogP contribution in [0.5, 0.6) is 0 Å². The first kappa shape index (κ1) is 12.4. The Labute approximate surface area is 83.8 Å². The molecule has 0 radical (unpaired) electrons. The van der Waals surface area contributed by atoms with Crippen molar-refractivity contribution in [1.82, 2.24) is 5.32 Å². The molecule has 5 heteroatoms. The fourth-order valence-electron chi connectivity index (χ4n) is 0.858. The van der Waals surface area contributed by atoms with Crippen LogP contribution in [0.3, 0.4) is 0 Å². The third-order valence-electron chi connectivity index (χ3n) is 1.69. The molecule has 0 aromatic heterocycles. The maximum Gasteiger partial charge on any atom is 0.129 e. The molecule has 0 aliphatic carbocycles. The van der Waals surface area contributed by atoms with E-state index in [1.165, 1.54) is 6.08 Å². The highest BCUT2D eigenvalue weighted by Gasteiger charge is 2.03. The van der Waals surface area contributed by atoms with E-state index in [0.717, 1.165) is 0 Å². The molecule has 0 aliphatic heterocycles. The van der Waals surface area contributed by atoms with Gasteiger partial charge in [-0.2, -0.15) is 5.90 Å². The molecule has 0 bridgehead atoms. The van der Waals surface area contributed by atoms with Crippen LogP contribution in [0.1, 0.15) is 13.8 Å². The Bertz CT molecular complexity index is 291. The highest BCUT2D eigenvalue weighted by molar-refractivity contribution is 6.06. The zero-order valence-electron chi connectivity index (χ0n) is 8.72. The molecular weight excluding hydrogens is 180 g/mol. The molecule has 4 N–H and O–H groups in total. The van der Waals surface area contributed by atoms with Gasteiger partial charge in [-0.1, -0.05) is 0 Å². The molecule has 0 heterocycles. The van der Waals surface area contributed by atoms with Crippen LogP contribution < -0.4 is 11.2 Å². The lowest BCUT2D eigenvalue weighted by Gasteiger charge is -2.06. The molecule has 0 saturated heterocycles. The van der Waals surface area contributed by atoms with E-state index in [2.05, 4.69) is 21.9 Å². The Morgan fingerprint density at radius 2 is 2.14 bits per heavy atom. The smallest absolute Gasteiger partial charge is 0.129 e. The second-order valence-electron chi connectivity index (χ2n) is 2.67. The monoisotopic (exact) mass is 196 g/mol. The molecule has 0 saturated carbocycles. The summed E-state index contributed by atoms with van der Waals surface area (Å²) in [6.07, 6.45) is 1.51. The summed E-state index contributed by atoms with van der Waals surface area (Å²) in [6.45, 7) is 6.83. The minimum absolute atomic E-state index is 0.282. The number of hydrogen-bond donors (Lipinski definition) is 3. The predicted molar refractivity (Wildman–Crippen MR) is 58.1 cm³/mol. The van der Waals surface area contributed by atoms with Gasteiger partial charge in [0.25, 0.3) is 0 Å². The lowest BCUT2D eigenvalue weighted by molar-refractivity contribution is 0.223. The van der Waals surface area contributed by atoms with Crippen molar-refractivity contribution in [1.29, 1.82) is 5.41 Å². The van der Waals surface area contributed by atoms with Gasteiger partial charge < -0.3 is 15.6 Å². The fraction of sp³-hybridized carbons (Fsp3) is 0.333. The van der Waals surface area contributed by atoms with Crippen molar-refractivity contribution in [3.63, 3.8) is 0 Å². The van der Waals surface area contributed by atoms with Crippen molar-refractivity contribution in [3.05, 3.63) is 23.2 Å². The van der Waals surface area contributed by atoms with E-state index in [1.807, 2.05) is 0 Å². The van der Waals surface area contributed by atoms with Crippen molar-refractivity contribution in [3.8, 4) is 0 Å². The molecule has 0 atom stereocenters. The van der Waals surface area contributed by atoms with Crippen LogP contribution in [-0.2, 0) is 4.84 Å². The first-order valence-corrected chi connectivity index (χ1v) is 4.06. The molecule has 0 aromatic rings. The van der Waals surface area contributed by atoms with Gasteiger partial charge in [-0.15, -0.1) is 0 Å². The Hall–Kier alpha value is -1.62. The highest BCUT2D eigenvalue weighted by Crippen LogP contribution is 2.05. The predicted octanol–water partition coefficient (Wildman–Crippen LogP) is 0.952. The van der Waals surface area contributed by atoms with Gasteiger partial charge in [-0.25, -0.2) is 4.99 Å². The molecule has 14 heavy (non-hydrogen) atoms. The average molecular weight is 196 g/mol. The van der Waals surface area contributed by atoms with Crippen LogP contribution in [-0.4, -0.2) is 19.5 Å². The number of nitrogens with two attached hydrogens (primary N) is 1. The molecule has 5 nitrogen and oxygen atoms in total. The van der Waals surface area contributed by atoms with E-state index in [4.69, 9.17) is 11.3 Å². The van der Waals surface area contributed by atoms with E-state index < -0.39 is 0 Å². The van der Waals surface area contributed by atoms with E-state index in [0.29, 0.717) is 17.2 Å². The topological polar surface area (TPSA) is 83.5 Å². The van der Waals surface area contributed by atoms with Crippen molar-refractivity contribution in [2.75, 3.05) is 7.05 Å². The van der Waals surface area contributed by atoms with Crippen molar-refractivity contribution < 1.29 is 4.84 Å². The summed E-state index contributed by atoms with van der Waals surface area (Å²) < 4.78 is 0. The Kier molecular flexibility index (Phi) is 5.24.